The molecule has 0 saturated heterocycles. The Morgan fingerprint density at radius 2 is 1.86 bits per heavy atom. The lowest BCUT2D eigenvalue weighted by Gasteiger charge is -2.40. The second-order valence-corrected chi connectivity index (χ2v) is 12.6. The summed E-state index contributed by atoms with van der Waals surface area (Å²) in [5.74, 6) is 1.32. The summed E-state index contributed by atoms with van der Waals surface area (Å²) >= 11 is 0. The number of aromatic amines is 1. The third kappa shape index (κ3) is 5.90. The van der Waals surface area contributed by atoms with Gasteiger partial charge in [-0.15, -0.1) is 0 Å². The van der Waals surface area contributed by atoms with Gasteiger partial charge in [0.05, 0.1) is 6.04 Å². The van der Waals surface area contributed by atoms with E-state index in [0.717, 1.165) is 45.1 Å². The summed E-state index contributed by atoms with van der Waals surface area (Å²) in [4.78, 5) is 33.8. The van der Waals surface area contributed by atoms with E-state index in [-0.39, 0.29) is 18.1 Å². The van der Waals surface area contributed by atoms with Crippen molar-refractivity contribution in [3.8, 4) is 0 Å². The SMILES string of the molecule is Cc1ccc2[nH]c3c(c2c1)CCN(C(=O)C1CCC(CN(C)C(=O)OC(C)(C)C)CC1)C3CC(C)C. The zero-order chi connectivity index (χ0) is 26.2. The van der Waals surface area contributed by atoms with Gasteiger partial charge in [-0.1, -0.05) is 25.5 Å². The van der Waals surface area contributed by atoms with Crippen molar-refractivity contribution in [2.24, 2.45) is 17.8 Å². The Bertz CT molecular complexity index is 1090. The molecule has 1 N–H and O–H groups in total. The lowest BCUT2D eigenvalue weighted by Crippen LogP contribution is -2.45. The van der Waals surface area contributed by atoms with E-state index in [0.29, 0.717) is 24.3 Å². The molecule has 1 fully saturated rings. The Kier molecular flexibility index (Phi) is 7.72. The number of carbonyl (C=O) groups excluding carboxylic acids is 2. The minimum absolute atomic E-state index is 0.0796. The van der Waals surface area contributed by atoms with Crippen LogP contribution in [-0.2, 0) is 16.0 Å². The lowest BCUT2D eigenvalue weighted by molar-refractivity contribution is -0.140. The average molecular weight is 496 g/mol. The summed E-state index contributed by atoms with van der Waals surface area (Å²) in [6.07, 6.45) is 5.36. The second-order valence-electron chi connectivity index (χ2n) is 12.6. The minimum Gasteiger partial charge on any atom is -0.444 e. The first-order chi connectivity index (χ1) is 16.9. The van der Waals surface area contributed by atoms with Crippen LogP contribution in [0, 0.1) is 24.7 Å². The van der Waals surface area contributed by atoms with Crippen molar-refractivity contribution < 1.29 is 14.3 Å². The highest BCUT2D eigenvalue weighted by atomic mass is 16.6. The van der Waals surface area contributed by atoms with Crippen LogP contribution in [0.4, 0.5) is 4.79 Å². The van der Waals surface area contributed by atoms with E-state index in [1.165, 1.54) is 27.7 Å². The number of nitrogens with zero attached hydrogens (tertiary/aromatic N) is 2. The number of amides is 2. The molecule has 1 saturated carbocycles. The first-order valence-corrected chi connectivity index (χ1v) is 13.8. The van der Waals surface area contributed by atoms with Crippen LogP contribution in [0.15, 0.2) is 18.2 Å². The molecule has 2 amide bonds. The molecule has 0 spiro atoms. The van der Waals surface area contributed by atoms with Gasteiger partial charge < -0.3 is 19.5 Å². The first-order valence-electron chi connectivity index (χ1n) is 13.8. The van der Waals surface area contributed by atoms with Crippen molar-refractivity contribution in [3.05, 3.63) is 35.0 Å². The Hall–Kier alpha value is -2.50. The number of hydrogen-bond acceptors (Lipinski definition) is 3. The summed E-state index contributed by atoms with van der Waals surface area (Å²) in [5.41, 5.74) is 4.62. The van der Waals surface area contributed by atoms with Gasteiger partial charge in [0.25, 0.3) is 0 Å². The van der Waals surface area contributed by atoms with Crippen LogP contribution in [0.2, 0.25) is 0 Å². The number of benzene rings is 1. The number of hydrogen-bond donors (Lipinski definition) is 1. The molecule has 0 radical (unpaired) electrons. The maximum atomic E-state index is 13.8. The first kappa shape index (κ1) is 26.6. The summed E-state index contributed by atoms with van der Waals surface area (Å²) in [6, 6.07) is 6.73. The standard InChI is InChI=1S/C30H45N3O3/c1-19(2)16-26-27-23(24-17-20(3)8-13-25(24)31-27)14-15-33(26)28(34)22-11-9-21(10-12-22)18-32(7)29(35)36-30(4,5)6/h8,13,17,19,21-22,26,31H,9-12,14-16,18H2,1-7H3. The molecule has 2 aromatic rings. The molecule has 198 valence electrons. The van der Waals surface area contributed by atoms with E-state index in [4.69, 9.17) is 4.74 Å². The lowest BCUT2D eigenvalue weighted by atomic mass is 9.80. The molecule has 1 aliphatic heterocycles. The molecule has 1 aliphatic carbocycles. The van der Waals surface area contributed by atoms with E-state index in [1.54, 1.807) is 4.90 Å². The van der Waals surface area contributed by atoms with Crippen LogP contribution < -0.4 is 0 Å². The molecule has 1 aromatic carbocycles. The fourth-order valence-corrected chi connectivity index (χ4v) is 6.06. The molecule has 2 aliphatic rings. The third-order valence-electron chi connectivity index (χ3n) is 7.82. The van der Waals surface area contributed by atoms with Gasteiger partial charge in [-0.3, -0.25) is 4.79 Å². The van der Waals surface area contributed by atoms with Gasteiger partial charge in [-0.05, 0) is 95.8 Å². The van der Waals surface area contributed by atoms with Crippen LogP contribution in [-0.4, -0.2) is 52.5 Å². The highest BCUT2D eigenvalue weighted by molar-refractivity contribution is 5.87. The largest absolute Gasteiger partial charge is 0.444 e. The van der Waals surface area contributed by atoms with Crippen LogP contribution in [0.1, 0.15) is 89.6 Å². The number of rotatable bonds is 5. The van der Waals surface area contributed by atoms with Crippen molar-refractivity contribution in [2.45, 2.75) is 91.7 Å². The van der Waals surface area contributed by atoms with Crippen LogP contribution in [0.5, 0.6) is 0 Å². The maximum absolute atomic E-state index is 13.8. The quantitative estimate of drug-likeness (QED) is 0.507. The van der Waals surface area contributed by atoms with Crippen molar-refractivity contribution in [1.82, 2.24) is 14.8 Å². The predicted octanol–water partition coefficient (Wildman–Crippen LogP) is 6.62. The zero-order valence-electron chi connectivity index (χ0n) is 23.3. The van der Waals surface area contributed by atoms with E-state index in [9.17, 15) is 9.59 Å². The van der Waals surface area contributed by atoms with Crippen molar-refractivity contribution in [3.63, 3.8) is 0 Å². The van der Waals surface area contributed by atoms with Gasteiger partial charge in [0.2, 0.25) is 5.91 Å². The zero-order valence-corrected chi connectivity index (χ0v) is 23.3. The fraction of sp³-hybridized carbons (Fsp3) is 0.667. The summed E-state index contributed by atoms with van der Waals surface area (Å²) < 4.78 is 5.50. The van der Waals surface area contributed by atoms with Crippen LogP contribution >= 0.6 is 0 Å². The number of carbonyl (C=O) groups is 2. The molecule has 1 unspecified atom stereocenters. The van der Waals surface area contributed by atoms with E-state index in [2.05, 4.69) is 48.9 Å². The fourth-order valence-electron chi connectivity index (χ4n) is 6.06. The predicted molar refractivity (Wildman–Crippen MR) is 145 cm³/mol. The molecule has 4 rings (SSSR count). The highest BCUT2D eigenvalue weighted by Crippen LogP contribution is 2.40. The number of fused-ring (bicyclic) bond motifs is 3. The van der Waals surface area contributed by atoms with Gasteiger partial charge in [-0.25, -0.2) is 4.79 Å². The maximum Gasteiger partial charge on any atom is 0.410 e. The topological polar surface area (TPSA) is 65.6 Å². The minimum atomic E-state index is -0.486. The van der Waals surface area contributed by atoms with E-state index < -0.39 is 5.60 Å². The molecular formula is C30H45N3O3. The van der Waals surface area contributed by atoms with E-state index in [1.807, 2.05) is 27.8 Å². The van der Waals surface area contributed by atoms with Gasteiger partial charge in [-0.2, -0.15) is 0 Å². The number of H-pyrrole nitrogens is 1. The van der Waals surface area contributed by atoms with Gasteiger partial charge in [0.1, 0.15) is 5.60 Å². The smallest absolute Gasteiger partial charge is 0.410 e. The molecule has 0 bridgehead atoms. The average Bonchev–Trinajstić information content (AvgIpc) is 3.16. The number of nitrogens with one attached hydrogen (secondary N) is 1. The molecule has 1 atom stereocenters. The molecule has 6 heteroatoms. The number of ether oxygens (including phenoxy) is 1. The molecule has 6 nitrogen and oxygen atoms in total. The van der Waals surface area contributed by atoms with Gasteiger partial charge in [0.15, 0.2) is 0 Å². The Morgan fingerprint density at radius 3 is 2.50 bits per heavy atom. The molecular weight excluding hydrogens is 450 g/mol. The normalized spacial score (nSPS) is 22.6. The second kappa shape index (κ2) is 10.5. The van der Waals surface area contributed by atoms with Gasteiger partial charge >= 0.3 is 6.09 Å². The molecule has 2 heterocycles. The Morgan fingerprint density at radius 1 is 1.17 bits per heavy atom. The van der Waals surface area contributed by atoms with Crippen LogP contribution in [0.25, 0.3) is 10.9 Å². The third-order valence-corrected chi connectivity index (χ3v) is 7.82. The molecule has 36 heavy (non-hydrogen) atoms. The summed E-state index contributed by atoms with van der Waals surface area (Å²) in [5, 5.41) is 1.32. The summed E-state index contributed by atoms with van der Waals surface area (Å²) in [7, 11) is 1.81. The number of aryl methyl sites for hydroxylation is 1. The highest BCUT2D eigenvalue weighted by Gasteiger charge is 2.38. The Labute approximate surface area is 216 Å². The monoisotopic (exact) mass is 495 g/mol. The van der Waals surface area contributed by atoms with Crippen LogP contribution in [0.3, 0.4) is 0 Å². The van der Waals surface area contributed by atoms with Gasteiger partial charge in [0, 0.05) is 42.7 Å². The van der Waals surface area contributed by atoms with Crippen molar-refractivity contribution in [2.75, 3.05) is 20.1 Å². The Balaban J connectivity index is 1.42. The number of aromatic nitrogens is 1. The van der Waals surface area contributed by atoms with E-state index >= 15 is 0 Å². The molecule has 1 aromatic heterocycles. The van der Waals surface area contributed by atoms with Crippen molar-refractivity contribution >= 4 is 22.9 Å². The summed E-state index contributed by atoms with van der Waals surface area (Å²) in [6.45, 7) is 13.8. The van der Waals surface area contributed by atoms with Crippen molar-refractivity contribution in [1.29, 1.82) is 0 Å².